The van der Waals surface area contributed by atoms with Crippen LogP contribution in [0.15, 0.2) is 12.1 Å². The van der Waals surface area contributed by atoms with Crippen molar-refractivity contribution < 1.29 is 32.2 Å². The highest BCUT2D eigenvalue weighted by molar-refractivity contribution is 5.77. The Labute approximate surface area is 171 Å². The number of rotatable bonds is 5. The first-order valence-electron chi connectivity index (χ1n) is 10.0. The fraction of sp³-hybridized carbons (Fsp3) is 0.684. The lowest BCUT2D eigenvalue weighted by Crippen LogP contribution is -2.60. The number of hydrogen-bond acceptors (Lipinski definition) is 6. The number of nitrogens with one attached hydrogen (secondary N) is 1. The third-order valence-corrected chi connectivity index (χ3v) is 6.06. The SMILES string of the molecule is O=C1N[C@H](CCC(=O)N2CC3(CCC(Oc4ccc(C(F)(F)F)nn4)CC3)C2)CO1. The number of hydrogen-bond donors (Lipinski definition) is 1. The molecule has 0 radical (unpaired) electrons. The average Bonchev–Trinajstić information content (AvgIpc) is 3.10. The van der Waals surface area contributed by atoms with Gasteiger partial charge in [-0.05, 0) is 38.2 Å². The minimum Gasteiger partial charge on any atom is -0.473 e. The number of carbonyl (C=O) groups is 2. The van der Waals surface area contributed by atoms with Gasteiger partial charge in [-0.25, -0.2) is 4.79 Å². The lowest BCUT2D eigenvalue weighted by atomic mass is 9.68. The average molecular weight is 428 g/mol. The van der Waals surface area contributed by atoms with Crippen LogP contribution in [0.1, 0.15) is 44.2 Å². The summed E-state index contributed by atoms with van der Waals surface area (Å²) in [7, 11) is 0. The molecular weight excluding hydrogens is 405 g/mol. The monoisotopic (exact) mass is 428 g/mol. The van der Waals surface area contributed by atoms with E-state index in [2.05, 4.69) is 15.5 Å². The van der Waals surface area contributed by atoms with Gasteiger partial charge in [0, 0.05) is 31.0 Å². The van der Waals surface area contributed by atoms with Crippen molar-refractivity contribution in [2.45, 2.75) is 56.8 Å². The topological polar surface area (TPSA) is 93.7 Å². The van der Waals surface area contributed by atoms with Crippen LogP contribution in [0.2, 0.25) is 0 Å². The van der Waals surface area contributed by atoms with Gasteiger partial charge < -0.3 is 19.7 Å². The van der Waals surface area contributed by atoms with Crippen molar-refractivity contribution in [3.05, 3.63) is 17.8 Å². The third kappa shape index (κ3) is 4.59. The number of alkyl carbamates (subject to hydrolysis) is 1. The van der Waals surface area contributed by atoms with Crippen molar-refractivity contribution in [3.63, 3.8) is 0 Å². The molecule has 3 aliphatic rings. The number of aromatic nitrogens is 2. The Balaban J connectivity index is 1.18. The molecule has 2 aliphatic heterocycles. The molecule has 30 heavy (non-hydrogen) atoms. The molecule has 3 heterocycles. The van der Waals surface area contributed by atoms with Crippen LogP contribution in [0.5, 0.6) is 5.88 Å². The molecule has 1 aromatic rings. The van der Waals surface area contributed by atoms with Crippen molar-refractivity contribution in [2.24, 2.45) is 5.41 Å². The summed E-state index contributed by atoms with van der Waals surface area (Å²) in [5, 5.41) is 9.36. The molecule has 8 nitrogen and oxygen atoms in total. The van der Waals surface area contributed by atoms with Gasteiger partial charge in [-0.2, -0.15) is 13.2 Å². The van der Waals surface area contributed by atoms with E-state index in [1.54, 1.807) is 0 Å². The summed E-state index contributed by atoms with van der Waals surface area (Å²) in [6.07, 6.45) is -0.819. The van der Waals surface area contributed by atoms with Crippen LogP contribution in [-0.2, 0) is 15.7 Å². The molecule has 0 aromatic carbocycles. The maximum Gasteiger partial charge on any atom is 0.435 e. The molecule has 4 rings (SSSR count). The zero-order chi connectivity index (χ0) is 21.4. The Morgan fingerprint density at radius 3 is 2.57 bits per heavy atom. The fourth-order valence-corrected chi connectivity index (χ4v) is 4.32. The molecule has 1 spiro atoms. The van der Waals surface area contributed by atoms with E-state index in [1.807, 2.05) is 4.90 Å². The summed E-state index contributed by atoms with van der Waals surface area (Å²) < 4.78 is 48.2. The zero-order valence-corrected chi connectivity index (χ0v) is 16.3. The minimum absolute atomic E-state index is 0.0835. The van der Waals surface area contributed by atoms with Crippen molar-refractivity contribution in [1.82, 2.24) is 20.4 Å². The van der Waals surface area contributed by atoms with E-state index in [1.165, 1.54) is 6.07 Å². The molecule has 164 valence electrons. The second-order valence-corrected chi connectivity index (χ2v) is 8.30. The Morgan fingerprint density at radius 2 is 2.00 bits per heavy atom. The van der Waals surface area contributed by atoms with Gasteiger partial charge in [0.15, 0.2) is 5.69 Å². The Hall–Kier alpha value is -2.59. The maximum atomic E-state index is 12.5. The van der Waals surface area contributed by atoms with E-state index >= 15 is 0 Å². The van der Waals surface area contributed by atoms with Crippen LogP contribution in [-0.4, -0.2) is 58.9 Å². The quantitative estimate of drug-likeness (QED) is 0.775. The maximum absolute atomic E-state index is 12.5. The smallest absolute Gasteiger partial charge is 0.435 e. The molecule has 0 bridgehead atoms. The molecule has 0 unspecified atom stereocenters. The Kier molecular flexibility index (Phi) is 5.46. The number of amides is 2. The summed E-state index contributed by atoms with van der Waals surface area (Å²) >= 11 is 0. The van der Waals surface area contributed by atoms with Gasteiger partial charge in [-0.3, -0.25) is 4.79 Å². The molecule has 1 aromatic heterocycles. The van der Waals surface area contributed by atoms with Crippen LogP contribution in [0.25, 0.3) is 0 Å². The molecule has 1 aliphatic carbocycles. The van der Waals surface area contributed by atoms with Gasteiger partial charge in [-0.1, -0.05) is 0 Å². The van der Waals surface area contributed by atoms with E-state index in [-0.39, 0.29) is 29.3 Å². The van der Waals surface area contributed by atoms with Crippen LogP contribution < -0.4 is 10.1 Å². The molecule has 1 saturated carbocycles. The van der Waals surface area contributed by atoms with Crippen LogP contribution in [0.4, 0.5) is 18.0 Å². The van der Waals surface area contributed by atoms with Gasteiger partial charge in [0.2, 0.25) is 11.8 Å². The number of cyclic esters (lactones) is 1. The minimum atomic E-state index is -4.52. The zero-order valence-electron chi connectivity index (χ0n) is 16.3. The van der Waals surface area contributed by atoms with Crippen molar-refractivity contribution >= 4 is 12.0 Å². The summed E-state index contributed by atoms with van der Waals surface area (Å²) in [5.41, 5.74) is -0.939. The number of alkyl halides is 3. The number of nitrogens with zero attached hydrogens (tertiary/aromatic N) is 3. The largest absolute Gasteiger partial charge is 0.473 e. The second kappa shape index (κ2) is 7.92. The Morgan fingerprint density at radius 1 is 1.27 bits per heavy atom. The van der Waals surface area contributed by atoms with Gasteiger partial charge >= 0.3 is 12.3 Å². The first-order chi connectivity index (χ1) is 14.2. The van der Waals surface area contributed by atoms with Gasteiger partial charge in [-0.15, -0.1) is 10.2 Å². The summed E-state index contributed by atoms with van der Waals surface area (Å²) in [4.78, 5) is 25.2. The Bertz CT molecular complexity index is 786. The second-order valence-electron chi connectivity index (χ2n) is 8.30. The van der Waals surface area contributed by atoms with E-state index < -0.39 is 18.0 Å². The molecule has 1 atom stereocenters. The summed E-state index contributed by atoms with van der Waals surface area (Å²) in [6.45, 7) is 1.74. The van der Waals surface area contributed by atoms with Crippen LogP contribution in [0, 0.1) is 5.41 Å². The van der Waals surface area contributed by atoms with Crippen LogP contribution >= 0.6 is 0 Å². The van der Waals surface area contributed by atoms with Crippen molar-refractivity contribution in [2.75, 3.05) is 19.7 Å². The first-order valence-corrected chi connectivity index (χ1v) is 10.0. The highest BCUT2D eigenvalue weighted by Gasteiger charge is 2.47. The molecule has 2 amide bonds. The predicted molar refractivity (Wildman–Crippen MR) is 96.4 cm³/mol. The predicted octanol–water partition coefficient (Wildman–Crippen LogP) is 2.53. The van der Waals surface area contributed by atoms with E-state index in [0.717, 1.165) is 31.7 Å². The lowest BCUT2D eigenvalue weighted by molar-refractivity contribution is -0.147. The molecule has 11 heteroatoms. The molecule has 1 N–H and O–H groups in total. The highest BCUT2D eigenvalue weighted by Crippen LogP contribution is 2.44. The van der Waals surface area contributed by atoms with E-state index in [4.69, 9.17) is 9.47 Å². The molecular formula is C19H23F3N4O4. The van der Waals surface area contributed by atoms with Gasteiger partial charge in [0.1, 0.15) is 12.7 Å². The number of halogens is 3. The summed E-state index contributed by atoms with van der Waals surface area (Å²) in [6, 6.07) is 1.96. The van der Waals surface area contributed by atoms with E-state index in [9.17, 15) is 22.8 Å². The summed E-state index contributed by atoms with van der Waals surface area (Å²) in [5.74, 6) is 0.178. The first kappa shape index (κ1) is 20.7. The van der Waals surface area contributed by atoms with Crippen LogP contribution in [0.3, 0.4) is 0 Å². The third-order valence-electron chi connectivity index (χ3n) is 6.06. The number of ether oxygens (including phenoxy) is 2. The van der Waals surface area contributed by atoms with Gasteiger partial charge in [0.05, 0.1) is 6.04 Å². The standard InChI is InChI=1S/C19H23F3N4O4/c20-19(21,22)14-2-3-15(25-24-14)30-13-5-7-18(8-6-13)10-26(11-18)16(27)4-1-12-9-29-17(28)23-12/h2-3,12-13H,1,4-11H2,(H,23,28)/t12-/m1/s1. The highest BCUT2D eigenvalue weighted by atomic mass is 19.4. The van der Waals surface area contributed by atoms with E-state index in [0.29, 0.717) is 32.5 Å². The van der Waals surface area contributed by atoms with Crippen molar-refractivity contribution in [1.29, 1.82) is 0 Å². The lowest BCUT2D eigenvalue weighted by Gasteiger charge is -2.53. The van der Waals surface area contributed by atoms with Gasteiger partial charge in [0.25, 0.3) is 0 Å². The fourth-order valence-electron chi connectivity index (χ4n) is 4.32. The van der Waals surface area contributed by atoms with Crippen molar-refractivity contribution in [3.8, 4) is 5.88 Å². The normalized spacial score (nSPS) is 23.6. The number of carbonyl (C=O) groups excluding carboxylic acids is 2. The number of likely N-dealkylation sites (tertiary alicyclic amines) is 1. The molecule has 3 fully saturated rings. The molecule has 2 saturated heterocycles.